The summed E-state index contributed by atoms with van der Waals surface area (Å²) >= 11 is 1.70. The maximum absolute atomic E-state index is 13.2. The number of benzene rings is 1. The van der Waals surface area contributed by atoms with Crippen LogP contribution in [0, 0.1) is 12.7 Å². The molecule has 1 nitrogen and oxygen atoms in total. The molecule has 0 saturated carbocycles. The van der Waals surface area contributed by atoms with Crippen LogP contribution in [0.1, 0.15) is 22.0 Å². The van der Waals surface area contributed by atoms with Crippen LogP contribution in [0.5, 0.6) is 0 Å². The van der Waals surface area contributed by atoms with Crippen molar-refractivity contribution in [2.24, 2.45) is 0 Å². The van der Waals surface area contributed by atoms with Crippen molar-refractivity contribution in [1.82, 2.24) is 5.32 Å². The second kappa shape index (κ2) is 4.76. The molecular weight excluding hydrogens is 221 g/mol. The van der Waals surface area contributed by atoms with Gasteiger partial charge in [0.25, 0.3) is 0 Å². The zero-order valence-electron chi connectivity index (χ0n) is 9.33. The Hall–Kier alpha value is -1.19. The molecule has 1 atom stereocenters. The summed E-state index contributed by atoms with van der Waals surface area (Å²) in [6.45, 7) is 1.79. The lowest BCUT2D eigenvalue weighted by Gasteiger charge is -2.15. The van der Waals surface area contributed by atoms with E-state index in [1.807, 2.05) is 25.2 Å². The normalized spacial score (nSPS) is 12.7. The summed E-state index contributed by atoms with van der Waals surface area (Å²) in [7, 11) is 1.92. The number of hydrogen-bond donors (Lipinski definition) is 1. The summed E-state index contributed by atoms with van der Waals surface area (Å²) in [5, 5.41) is 5.31. The van der Waals surface area contributed by atoms with E-state index in [-0.39, 0.29) is 11.9 Å². The van der Waals surface area contributed by atoms with Gasteiger partial charge in [-0.15, -0.1) is 11.3 Å². The molecular formula is C13H14FNS. The minimum absolute atomic E-state index is 0.148. The maximum Gasteiger partial charge on any atom is 0.126 e. The molecule has 1 aromatic heterocycles. The van der Waals surface area contributed by atoms with Gasteiger partial charge in [0.1, 0.15) is 5.82 Å². The monoisotopic (exact) mass is 235 g/mol. The smallest absolute Gasteiger partial charge is 0.126 e. The van der Waals surface area contributed by atoms with Gasteiger partial charge in [0.05, 0.1) is 6.04 Å². The van der Waals surface area contributed by atoms with E-state index in [1.165, 1.54) is 10.9 Å². The lowest BCUT2D eigenvalue weighted by molar-refractivity contribution is 0.614. The standard InChI is InChI=1S/C13H14FNS/c1-9-8-10(5-6-11(9)14)13(15-2)12-4-3-7-16-12/h3-8,13,15H,1-2H3. The highest BCUT2D eigenvalue weighted by Crippen LogP contribution is 2.26. The fraction of sp³-hybridized carbons (Fsp3) is 0.231. The molecule has 84 valence electrons. The number of halogens is 1. The zero-order chi connectivity index (χ0) is 11.5. The van der Waals surface area contributed by atoms with Crippen LogP contribution in [0.4, 0.5) is 4.39 Å². The average Bonchev–Trinajstić information content (AvgIpc) is 2.78. The van der Waals surface area contributed by atoms with Crippen LogP contribution in [0.15, 0.2) is 35.7 Å². The fourth-order valence-electron chi connectivity index (χ4n) is 1.78. The van der Waals surface area contributed by atoms with Crippen LogP contribution in [0.3, 0.4) is 0 Å². The van der Waals surface area contributed by atoms with Gasteiger partial charge in [-0.2, -0.15) is 0 Å². The predicted octanol–water partition coefficient (Wildman–Crippen LogP) is 3.50. The molecule has 0 aliphatic rings. The maximum atomic E-state index is 13.2. The summed E-state index contributed by atoms with van der Waals surface area (Å²) in [6, 6.07) is 9.53. The molecule has 0 saturated heterocycles. The second-order valence-electron chi connectivity index (χ2n) is 3.75. The first-order chi connectivity index (χ1) is 7.72. The Bertz CT molecular complexity index is 465. The Morgan fingerprint density at radius 3 is 2.69 bits per heavy atom. The molecule has 2 aromatic rings. The van der Waals surface area contributed by atoms with E-state index in [9.17, 15) is 4.39 Å². The zero-order valence-corrected chi connectivity index (χ0v) is 10.1. The molecule has 0 bridgehead atoms. The molecule has 1 unspecified atom stereocenters. The Labute approximate surface area is 98.9 Å². The number of thiophene rings is 1. The summed E-state index contributed by atoms with van der Waals surface area (Å²) in [5.74, 6) is -0.148. The number of aryl methyl sites for hydroxylation is 1. The van der Waals surface area contributed by atoms with Crippen molar-refractivity contribution in [2.75, 3.05) is 7.05 Å². The van der Waals surface area contributed by atoms with Crippen molar-refractivity contribution in [3.05, 3.63) is 57.5 Å². The molecule has 0 radical (unpaired) electrons. The van der Waals surface area contributed by atoms with Crippen molar-refractivity contribution in [1.29, 1.82) is 0 Å². The van der Waals surface area contributed by atoms with Crippen LogP contribution in [-0.2, 0) is 0 Å². The fourth-order valence-corrected chi connectivity index (χ4v) is 2.64. The van der Waals surface area contributed by atoms with E-state index in [0.717, 1.165) is 5.56 Å². The molecule has 0 fully saturated rings. The third-order valence-electron chi connectivity index (χ3n) is 2.63. The van der Waals surface area contributed by atoms with E-state index in [1.54, 1.807) is 18.3 Å². The highest BCUT2D eigenvalue weighted by atomic mass is 32.1. The third-order valence-corrected chi connectivity index (χ3v) is 3.57. The molecule has 16 heavy (non-hydrogen) atoms. The van der Waals surface area contributed by atoms with Crippen LogP contribution in [-0.4, -0.2) is 7.05 Å². The van der Waals surface area contributed by atoms with Gasteiger partial charge in [0.15, 0.2) is 0 Å². The van der Waals surface area contributed by atoms with Crippen molar-refractivity contribution in [3.8, 4) is 0 Å². The largest absolute Gasteiger partial charge is 0.309 e. The topological polar surface area (TPSA) is 12.0 Å². The van der Waals surface area contributed by atoms with Crippen molar-refractivity contribution >= 4 is 11.3 Å². The van der Waals surface area contributed by atoms with E-state index in [4.69, 9.17) is 0 Å². The molecule has 0 aliphatic carbocycles. The molecule has 1 N–H and O–H groups in total. The van der Waals surface area contributed by atoms with Crippen LogP contribution < -0.4 is 5.32 Å². The van der Waals surface area contributed by atoms with E-state index in [0.29, 0.717) is 5.56 Å². The third kappa shape index (κ3) is 2.15. The van der Waals surface area contributed by atoms with E-state index < -0.39 is 0 Å². The molecule has 0 aliphatic heterocycles. The van der Waals surface area contributed by atoms with Gasteiger partial charge in [-0.1, -0.05) is 18.2 Å². The number of nitrogens with one attached hydrogen (secondary N) is 1. The first kappa shape index (κ1) is 11.3. The van der Waals surface area contributed by atoms with Gasteiger partial charge in [-0.3, -0.25) is 0 Å². The Balaban J connectivity index is 2.37. The van der Waals surface area contributed by atoms with E-state index >= 15 is 0 Å². The first-order valence-electron chi connectivity index (χ1n) is 5.19. The quantitative estimate of drug-likeness (QED) is 0.858. The summed E-state index contributed by atoms with van der Waals surface area (Å²) in [6.07, 6.45) is 0. The molecule has 0 spiro atoms. The predicted molar refractivity (Wildman–Crippen MR) is 66.4 cm³/mol. The second-order valence-corrected chi connectivity index (χ2v) is 4.73. The SMILES string of the molecule is CNC(c1ccc(F)c(C)c1)c1cccs1. The van der Waals surface area contributed by atoms with Gasteiger partial charge in [-0.05, 0) is 42.6 Å². The van der Waals surface area contributed by atoms with Gasteiger partial charge in [0, 0.05) is 4.88 Å². The number of hydrogen-bond acceptors (Lipinski definition) is 2. The molecule has 1 heterocycles. The molecule has 1 aromatic carbocycles. The van der Waals surface area contributed by atoms with Crippen molar-refractivity contribution < 1.29 is 4.39 Å². The van der Waals surface area contributed by atoms with Crippen LogP contribution >= 0.6 is 11.3 Å². The summed E-state index contributed by atoms with van der Waals surface area (Å²) in [5.41, 5.74) is 1.79. The highest BCUT2D eigenvalue weighted by Gasteiger charge is 2.13. The summed E-state index contributed by atoms with van der Waals surface area (Å²) in [4.78, 5) is 1.24. The lowest BCUT2D eigenvalue weighted by Crippen LogP contribution is -2.16. The minimum Gasteiger partial charge on any atom is -0.309 e. The van der Waals surface area contributed by atoms with E-state index in [2.05, 4.69) is 16.8 Å². The van der Waals surface area contributed by atoms with Crippen molar-refractivity contribution in [3.63, 3.8) is 0 Å². The van der Waals surface area contributed by atoms with Gasteiger partial charge in [0.2, 0.25) is 0 Å². The first-order valence-corrected chi connectivity index (χ1v) is 6.07. The molecule has 2 rings (SSSR count). The Kier molecular flexibility index (Phi) is 3.36. The minimum atomic E-state index is -0.148. The van der Waals surface area contributed by atoms with Crippen LogP contribution in [0.2, 0.25) is 0 Å². The highest BCUT2D eigenvalue weighted by molar-refractivity contribution is 7.10. The summed E-state index contributed by atoms with van der Waals surface area (Å²) < 4.78 is 13.2. The van der Waals surface area contributed by atoms with Crippen molar-refractivity contribution in [2.45, 2.75) is 13.0 Å². The van der Waals surface area contributed by atoms with Gasteiger partial charge < -0.3 is 5.32 Å². The lowest BCUT2D eigenvalue weighted by atomic mass is 10.0. The van der Waals surface area contributed by atoms with Crippen LogP contribution in [0.25, 0.3) is 0 Å². The number of rotatable bonds is 3. The molecule has 0 amide bonds. The average molecular weight is 235 g/mol. The van der Waals surface area contributed by atoms with Gasteiger partial charge >= 0.3 is 0 Å². The molecule has 3 heteroatoms. The van der Waals surface area contributed by atoms with Gasteiger partial charge in [-0.25, -0.2) is 4.39 Å². The Morgan fingerprint density at radius 1 is 1.31 bits per heavy atom. The Morgan fingerprint density at radius 2 is 2.12 bits per heavy atom.